The van der Waals surface area contributed by atoms with Crippen LogP contribution < -0.4 is 4.90 Å². The van der Waals surface area contributed by atoms with Crippen molar-refractivity contribution >= 4 is 23.2 Å². The average Bonchev–Trinajstić information content (AvgIpc) is 2.67. The summed E-state index contributed by atoms with van der Waals surface area (Å²) in [4.78, 5) is 25.2. The Morgan fingerprint density at radius 1 is 1.19 bits per heavy atom. The number of hydrogen-bond acceptors (Lipinski definition) is 5. The molecule has 0 aromatic heterocycles. The van der Waals surface area contributed by atoms with Crippen molar-refractivity contribution in [3.8, 4) is 0 Å². The van der Waals surface area contributed by atoms with Crippen LogP contribution in [0.1, 0.15) is 34.3 Å². The molecular weight excluding hydrogens is 344 g/mol. The van der Waals surface area contributed by atoms with Crippen LogP contribution in [-0.2, 0) is 0 Å². The normalized spacial score (nSPS) is 15.3. The largest absolute Gasteiger partial charge is 0.393 e. The number of hydrogen-bond donors (Lipinski definition) is 1. The Hall–Kier alpha value is -2.99. The fourth-order valence-corrected chi connectivity index (χ4v) is 3.16. The van der Waals surface area contributed by atoms with Crippen LogP contribution in [-0.4, -0.2) is 35.0 Å². The molecule has 2 aromatic rings. The molecule has 1 fully saturated rings. The molecule has 6 heteroatoms. The number of allylic oxidation sites excluding steroid dienone is 1. The summed E-state index contributed by atoms with van der Waals surface area (Å²) in [5.74, 6) is -0.154. The second-order valence-electron chi connectivity index (χ2n) is 6.77. The number of carbonyl (C=O) groups is 1. The number of nitrogens with zero attached hydrogens (tertiary/aromatic N) is 2. The summed E-state index contributed by atoms with van der Waals surface area (Å²) in [6.07, 6.45) is 4.32. The topological polar surface area (TPSA) is 83.7 Å². The fraction of sp³-hybridized carbons (Fsp3) is 0.286. The third-order valence-electron chi connectivity index (χ3n) is 4.84. The van der Waals surface area contributed by atoms with Gasteiger partial charge in [-0.25, -0.2) is 0 Å². The van der Waals surface area contributed by atoms with Gasteiger partial charge in [0.25, 0.3) is 5.69 Å². The summed E-state index contributed by atoms with van der Waals surface area (Å²) in [5, 5.41) is 20.6. The number of nitro groups is 1. The van der Waals surface area contributed by atoms with Crippen LogP contribution in [0.5, 0.6) is 0 Å². The minimum Gasteiger partial charge on any atom is -0.393 e. The van der Waals surface area contributed by atoms with Crippen molar-refractivity contribution in [1.29, 1.82) is 0 Å². The first-order chi connectivity index (χ1) is 12.9. The third kappa shape index (κ3) is 4.60. The highest BCUT2D eigenvalue weighted by Crippen LogP contribution is 2.22. The van der Waals surface area contributed by atoms with Gasteiger partial charge in [-0.1, -0.05) is 18.2 Å². The number of nitro benzene ring substituents is 1. The molecule has 6 nitrogen and oxygen atoms in total. The molecule has 1 aliphatic rings. The quantitative estimate of drug-likeness (QED) is 0.377. The van der Waals surface area contributed by atoms with Crippen molar-refractivity contribution in [2.45, 2.75) is 25.9 Å². The minimum absolute atomic E-state index is 0.0422. The molecule has 1 heterocycles. The minimum atomic E-state index is -0.424. The highest BCUT2D eigenvalue weighted by molar-refractivity contribution is 6.07. The van der Waals surface area contributed by atoms with Crippen LogP contribution in [0.15, 0.2) is 48.5 Å². The lowest BCUT2D eigenvalue weighted by Gasteiger charge is -2.31. The molecule has 0 unspecified atom stereocenters. The molecule has 27 heavy (non-hydrogen) atoms. The van der Waals surface area contributed by atoms with E-state index in [1.165, 1.54) is 12.1 Å². The van der Waals surface area contributed by atoms with Crippen LogP contribution in [0.25, 0.3) is 6.08 Å². The van der Waals surface area contributed by atoms with E-state index < -0.39 is 4.92 Å². The van der Waals surface area contributed by atoms with Crippen LogP contribution in [0.4, 0.5) is 11.4 Å². The predicted molar refractivity (Wildman–Crippen MR) is 105 cm³/mol. The number of aryl methyl sites for hydroxylation is 1. The van der Waals surface area contributed by atoms with Crippen molar-refractivity contribution in [3.05, 3.63) is 75.3 Å². The van der Waals surface area contributed by atoms with E-state index in [9.17, 15) is 20.0 Å². The van der Waals surface area contributed by atoms with E-state index in [2.05, 4.69) is 4.90 Å². The molecule has 0 radical (unpaired) electrons. The van der Waals surface area contributed by atoms with Crippen LogP contribution >= 0.6 is 0 Å². The van der Waals surface area contributed by atoms with Gasteiger partial charge in [-0.3, -0.25) is 14.9 Å². The van der Waals surface area contributed by atoms with Gasteiger partial charge in [0.2, 0.25) is 0 Å². The van der Waals surface area contributed by atoms with Gasteiger partial charge in [-0.2, -0.15) is 0 Å². The van der Waals surface area contributed by atoms with E-state index in [4.69, 9.17) is 0 Å². The average molecular weight is 366 g/mol. The number of benzene rings is 2. The standard InChI is InChI=1S/C21H22N2O4/c1-15-2-3-16(14-20(15)23(26)27)4-9-21(25)17-5-7-18(8-6-17)22-12-10-19(24)11-13-22/h2-9,14,19,24H,10-13H2,1H3/b9-4+. The zero-order chi connectivity index (χ0) is 19.4. The molecule has 0 aliphatic carbocycles. The molecule has 2 aromatic carbocycles. The van der Waals surface area contributed by atoms with Gasteiger partial charge in [0.1, 0.15) is 0 Å². The maximum Gasteiger partial charge on any atom is 0.272 e. The number of anilines is 1. The molecule has 1 N–H and O–H groups in total. The van der Waals surface area contributed by atoms with E-state index >= 15 is 0 Å². The Morgan fingerprint density at radius 2 is 1.85 bits per heavy atom. The number of piperidine rings is 1. The first-order valence-electron chi connectivity index (χ1n) is 8.94. The summed E-state index contributed by atoms with van der Waals surface area (Å²) < 4.78 is 0. The Balaban J connectivity index is 1.68. The summed E-state index contributed by atoms with van der Waals surface area (Å²) in [5.41, 5.74) is 2.85. The highest BCUT2D eigenvalue weighted by Gasteiger charge is 2.17. The number of carbonyl (C=O) groups excluding carboxylic acids is 1. The van der Waals surface area contributed by atoms with Crippen molar-refractivity contribution in [3.63, 3.8) is 0 Å². The molecule has 0 bridgehead atoms. The number of aliphatic hydroxyl groups excluding tert-OH is 1. The van der Waals surface area contributed by atoms with Crippen molar-refractivity contribution in [2.24, 2.45) is 0 Å². The SMILES string of the molecule is Cc1ccc(/C=C/C(=O)c2ccc(N3CCC(O)CC3)cc2)cc1[N+](=O)[O-]. The summed E-state index contributed by atoms with van der Waals surface area (Å²) in [7, 11) is 0. The van der Waals surface area contributed by atoms with Gasteiger partial charge < -0.3 is 10.0 Å². The van der Waals surface area contributed by atoms with Crippen LogP contribution in [0, 0.1) is 17.0 Å². The van der Waals surface area contributed by atoms with E-state index in [0.717, 1.165) is 31.6 Å². The highest BCUT2D eigenvalue weighted by atomic mass is 16.6. The van der Waals surface area contributed by atoms with Crippen molar-refractivity contribution < 1.29 is 14.8 Å². The molecule has 3 rings (SSSR count). The lowest BCUT2D eigenvalue weighted by Crippen LogP contribution is -2.35. The maximum atomic E-state index is 12.4. The van der Waals surface area contributed by atoms with E-state index in [0.29, 0.717) is 16.7 Å². The van der Waals surface area contributed by atoms with Gasteiger partial charge in [0, 0.05) is 36.0 Å². The van der Waals surface area contributed by atoms with Crippen molar-refractivity contribution in [1.82, 2.24) is 0 Å². The van der Waals surface area contributed by atoms with E-state index in [-0.39, 0.29) is 17.6 Å². The molecule has 1 saturated heterocycles. The zero-order valence-corrected chi connectivity index (χ0v) is 15.2. The zero-order valence-electron chi connectivity index (χ0n) is 15.2. The smallest absolute Gasteiger partial charge is 0.272 e. The summed E-state index contributed by atoms with van der Waals surface area (Å²) >= 11 is 0. The van der Waals surface area contributed by atoms with Gasteiger partial charge >= 0.3 is 0 Å². The molecular formula is C21H22N2O4. The molecule has 0 amide bonds. The monoisotopic (exact) mass is 366 g/mol. The van der Waals surface area contributed by atoms with Gasteiger partial charge in [-0.05, 0) is 55.7 Å². The second-order valence-corrected chi connectivity index (χ2v) is 6.77. The third-order valence-corrected chi connectivity index (χ3v) is 4.84. The Morgan fingerprint density at radius 3 is 2.48 bits per heavy atom. The van der Waals surface area contributed by atoms with Gasteiger partial charge in [-0.15, -0.1) is 0 Å². The summed E-state index contributed by atoms with van der Waals surface area (Å²) in [6, 6.07) is 12.3. The molecule has 0 atom stereocenters. The lowest BCUT2D eigenvalue weighted by molar-refractivity contribution is -0.385. The molecule has 0 saturated carbocycles. The second kappa shape index (κ2) is 8.14. The first kappa shape index (κ1) is 18.8. The number of rotatable bonds is 5. The maximum absolute atomic E-state index is 12.4. The number of ketones is 1. The van der Waals surface area contributed by atoms with E-state index in [1.807, 2.05) is 12.1 Å². The Labute approximate surface area is 157 Å². The number of aliphatic hydroxyl groups is 1. The Bertz CT molecular complexity index is 866. The van der Waals surface area contributed by atoms with Gasteiger partial charge in [0.05, 0.1) is 11.0 Å². The Kier molecular flexibility index (Phi) is 5.66. The first-order valence-corrected chi connectivity index (χ1v) is 8.94. The van der Waals surface area contributed by atoms with Crippen molar-refractivity contribution in [2.75, 3.05) is 18.0 Å². The predicted octanol–water partition coefficient (Wildman–Crippen LogP) is 3.76. The fourth-order valence-electron chi connectivity index (χ4n) is 3.16. The lowest BCUT2D eigenvalue weighted by atomic mass is 10.0. The van der Waals surface area contributed by atoms with E-state index in [1.54, 1.807) is 37.3 Å². The van der Waals surface area contributed by atoms with Crippen LogP contribution in [0.3, 0.4) is 0 Å². The molecule has 1 aliphatic heterocycles. The van der Waals surface area contributed by atoms with Gasteiger partial charge in [0.15, 0.2) is 5.78 Å². The molecule has 0 spiro atoms. The van der Waals surface area contributed by atoms with Crippen LogP contribution in [0.2, 0.25) is 0 Å². The molecule has 140 valence electrons. The summed E-state index contributed by atoms with van der Waals surface area (Å²) in [6.45, 7) is 3.29.